The Hall–Kier alpha value is -2.22. The third kappa shape index (κ3) is 5.44. The van der Waals surface area contributed by atoms with E-state index in [9.17, 15) is 4.79 Å². The minimum atomic E-state index is -1.96. The number of carbonyl (C=O) groups is 1. The summed E-state index contributed by atoms with van der Waals surface area (Å²) in [6, 6.07) is 32.0. The average Bonchev–Trinajstić information content (AvgIpc) is 2.74. The van der Waals surface area contributed by atoms with Crippen molar-refractivity contribution in [3.05, 3.63) is 103 Å². The minimum Gasteiger partial charge on any atom is -1.00 e. The SMILES string of the molecule is CCOC(=O)/C=C(\C)C[P+](c1ccccc1)(c1ccccc1)c1ccccc1.[Br-]. The number of benzene rings is 3. The molecule has 0 saturated carbocycles. The number of hydrogen-bond donors (Lipinski definition) is 0. The molecule has 0 unspecified atom stereocenters. The van der Waals surface area contributed by atoms with Gasteiger partial charge in [-0.3, -0.25) is 0 Å². The summed E-state index contributed by atoms with van der Waals surface area (Å²) in [5, 5.41) is 3.93. The van der Waals surface area contributed by atoms with Crippen LogP contribution in [0, 0.1) is 0 Å². The number of allylic oxidation sites excluding steroid dienone is 1. The first kappa shape index (κ1) is 23.1. The molecule has 29 heavy (non-hydrogen) atoms. The van der Waals surface area contributed by atoms with Gasteiger partial charge >= 0.3 is 5.97 Å². The molecule has 4 heteroatoms. The van der Waals surface area contributed by atoms with E-state index in [1.807, 2.05) is 13.8 Å². The highest BCUT2D eigenvalue weighted by Gasteiger charge is 2.45. The maximum absolute atomic E-state index is 12.1. The molecule has 2 nitrogen and oxygen atoms in total. The molecule has 0 aromatic heterocycles. The normalized spacial score (nSPS) is 11.4. The Kier molecular flexibility index (Phi) is 8.82. The Morgan fingerprint density at radius 3 is 1.52 bits per heavy atom. The fourth-order valence-corrected chi connectivity index (χ4v) is 7.90. The molecule has 0 bridgehead atoms. The second-order valence-electron chi connectivity index (χ2n) is 6.72. The van der Waals surface area contributed by atoms with E-state index in [1.54, 1.807) is 6.08 Å². The molecular formula is C25H26BrO2P. The highest BCUT2D eigenvalue weighted by molar-refractivity contribution is 7.95. The first-order valence-electron chi connectivity index (χ1n) is 9.55. The van der Waals surface area contributed by atoms with Crippen molar-refractivity contribution in [3.63, 3.8) is 0 Å². The lowest BCUT2D eigenvalue weighted by Crippen LogP contribution is -3.00. The smallest absolute Gasteiger partial charge is 0.330 e. The Morgan fingerprint density at radius 1 is 0.793 bits per heavy atom. The van der Waals surface area contributed by atoms with E-state index in [0.29, 0.717) is 6.61 Å². The van der Waals surface area contributed by atoms with E-state index in [0.717, 1.165) is 11.7 Å². The molecule has 3 rings (SSSR count). The van der Waals surface area contributed by atoms with E-state index in [1.165, 1.54) is 15.9 Å². The Labute approximate surface area is 184 Å². The average molecular weight is 469 g/mol. The van der Waals surface area contributed by atoms with Crippen LogP contribution in [0.4, 0.5) is 0 Å². The van der Waals surface area contributed by atoms with Crippen molar-refractivity contribution in [1.82, 2.24) is 0 Å². The molecular weight excluding hydrogens is 443 g/mol. The number of hydrogen-bond acceptors (Lipinski definition) is 2. The largest absolute Gasteiger partial charge is 1.00 e. The highest BCUT2D eigenvalue weighted by Crippen LogP contribution is 2.56. The first-order chi connectivity index (χ1) is 13.7. The predicted molar refractivity (Wildman–Crippen MR) is 120 cm³/mol. The molecule has 3 aromatic rings. The molecule has 0 saturated heterocycles. The molecule has 0 aliphatic rings. The maximum Gasteiger partial charge on any atom is 0.330 e. The molecule has 0 amide bonds. The van der Waals surface area contributed by atoms with Crippen LogP contribution in [0.5, 0.6) is 0 Å². The number of halogens is 1. The van der Waals surface area contributed by atoms with Crippen LogP contribution in [0.3, 0.4) is 0 Å². The second-order valence-corrected chi connectivity index (χ2v) is 10.2. The molecule has 0 fully saturated rings. The zero-order valence-electron chi connectivity index (χ0n) is 16.8. The molecule has 0 atom stereocenters. The van der Waals surface area contributed by atoms with Crippen LogP contribution >= 0.6 is 7.26 Å². The number of esters is 1. The topological polar surface area (TPSA) is 26.3 Å². The van der Waals surface area contributed by atoms with Gasteiger partial charge in [0.1, 0.15) is 23.2 Å². The highest BCUT2D eigenvalue weighted by atomic mass is 79.9. The summed E-state index contributed by atoms with van der Waals surface area (Å²) in [5.41, 5.74) is 1.03. The van der Waals surface area contributed by atoms with Crippen LogP contribution in [0.2, 0.25) is 0 Å². The van der Waals surface area contributed by atoms with Gasteiger partial charge in [0.05, 0.1) is 12.8 Å². The summed E-state index contributed by atoms with van der Waals surface area (Å²) >= 11 is 0. The molecule has 0 spiro atoms. The fourth-order valence-electron chi connectivity index (χ4n) is 3.57. The quantitative estimate of drug-likeness (QED) is 0.298. The Bertz CT molecular complexity index is 828. The van der Waals surface area contributed by atoms with Crippen molar-refractivity contribution in [1.29, 1.82) is 0 Å². The van der Waals surface area contributed by atoms with Gasteiger partial charge in [-0.15, -0.1) is 0 Å². The monoisotopic (exact) mass is 468 g/mol. The van der Waals surface area contributed by atoms with Crippen molar-refractivity contribution >= 4 is 29.1 Å². The molecule has 0 aliphatic carbocycles. The summed E-state index contributed by atoms with van der Waals surface area (Å²) < 4.78 is 5.14. The molecule has 150 valence electrons. The first-order valence-corrected chi connectivity index (χ1v) is 11.5. The third-order valence-electron chi connectivity index (χ3n) is 4.73. The van der Waals surface area contributed by atoms with Gasteiger partial charge in [-0.25, -0.2) is 4.79 Å². The fraction of sp³-hybridized carbons (Fsp3) is 0.160. The van der Waals surface area contributed by atoms with Gasteiger partial charge in [0, 0.05) is 6.08 Å². The Morgan fingerprint density at radius 2 is 1.17 bits per heavy atom. The van der Waals surface area contributed by atoms with E-state index in [-0.39, 0.29) is 23.0 Å². The van der Waals surface area contributed by atoms with Crippen molar-refractivity contribution in [2.45, 2.75) is 13.8 Å². The summed E-state index contributed by atoms with van der Waals surface area (Å²) in [4.78, 5) is 12.1. The second kappa shape index (κ2) is 11.1. The van der Waals surface area contributed by atoms with E-state index in [2.05, 4.69) is 91.0 Å². The van der Waals surface area contributed by atoms with Gasteiger partial charge in [0.15, 0.2) is 0 Å². The van der Waals surface area contributed by atoms with E-state index < -0.39 is 7.26 Å². The zero-order valence-corrected chi connectivity index (χ0v) is 19.3. The maximum atomic E-state index is 12.1. The van der Waals surface area contributed by atoms with Crippen LogP contribution < -0.4 is 32.9 Å². The van der Waals surface area contributed by atoms with Gasteiger partial charge in [-0.05, 0) is 55.8 Å². The molecule has 0 aliphatic heterocycles. The van der Waals surface area contributed by atoms with Gasteiger partial charge in [-0.1, -0.05) is 54.6 Å². The molecule has 0 N–H and O–H groups in total. The van der Waals surface area contributed by atoms with Crippen molar-refractivity contribution in [2.24, 2.45) is 0 Å². The van der Waals surface area contributed by atoms with Gasteiger partial charge in [0.2, 0.25) is 0 Å². The van der Waals surface area contributed by atoms with Crippen molar-refractivity contribution in [3.8, 4) is 0 Å². The summed E-state index contributed by atoms with van der Waals surface area (Å²) in [5.74, 6) is -0.271. The van der Waals surface area contributed by atoms with Gasteiger partial charge < -0.3 is 21.7 Å². The third-order valence-corrected chi connectivity index (χ3v) is 9.24. The number of ether oxygens (including phenoxy) is 1. The lowest BCUT2D eigenvalue weighted by molar-refractivity contribution is -0.137. The lowest BCUT2D eigenvalue weighted by atomic mass is 10.3. The van der Waals surface area contributed by atoms with Crippen LogP contribution in [-0.2, 0) is 9.53 Å². The van der Waals surface area contributed by atoms with Crippen LogP contribution in [-0.4, -0.2) is 18.7 Å². The summed E-state index contributed by atoms with van der Waals surface area (Å²) in [6.45, 7) is 4.25. The van der Waals surface area contributed by atoms with Crippen LogP contribution in [0.1, 0.15) is 13.8 Å². The van der Waals surface area contributed by atoms with E-state index >= 15 is 0 Å². The zero-order chi connectivity index (χ0) is 19.8. The lowest BCUT2D eigenvalue weighted by Gasteiger charge is -2.28. The molecule has 3 aromatic carbocycles. The number of rotatable bonds is 7. The van der Waals surface area contributed by atoms with E-state index in [4.69, 9.17) is 4.74 Å². The minimum absolute atomic E-state index is 0. The van der Waals surface area contributed by atoms with Crippen LogP contribution in [0.25, 0.3) is 0 Å². The van der Waals surface area contributed by atoms with Gasteiger partial charge in [0.25, 0.3) is 0 Å². The predicted octanol–water partition coefficient (Wildman–Crippen LogP) is 1.49. The summed E-state index contributed by atoms with van der Waals surface area (Å²) in [7, 11) is -1.96. The van der Waals surface area contributed by atoms with Gasteiger partial charge in [-0.2, -0.15) is 0 Å². The Balaban J connectivity index is 0.00000300. The van der Waals surface area contributed by atoms with Crippen LogP contribution in [0.15, 0.2) is 103 Å². The van der Waals surface area contributed by atoms with Crippen molar-refractivity contribution < 1.29 is 26.5 Å². The molecule has 0 heterocycles. The molecule has 0 radical (unpaired) electrons. The summed E-state index contributed by atoms with van der Waals surface area (Å²) in [6.07, 6.45) is 2.44. The standard InChI is InChI=1S/C25H26O2P.BrH/c1-3-27-25(26)19-21(2)20-28(22-13-7-4-8-14-22,23-15-9-5-10-16-23)24-17-11-6-12-18-24;/h4-19H,3,20H2,1-2H3;1H/q+1;/p-1/b21-19+;. The van der Waals surface area contributed by atoms with Crippen molar-refractivity contribution in [2.75, 3.05) is 12.8 Å². The number of carbonyl (C=O) groups excluding carboxylic acids is 1.